The lowest BCUT2D eigenvalue weighted by molar-refractivity contribution is 0.322. The van der Waals surface area contributed by atoms with E-state index < -0.39 is 9.05 Å². The Balaban J connectivity index is 3.26. The Hall–Kier alpha value is -1.18. The van der Waals surface area contributed by atoms with Crippen molar-refractivity contribution in [2.24, 2.45) is 0 Å². The smallest absolute Gasteiger partial charge is 0.261 e. The first-order valence-corrected chi connectivity index (χ1v) is 7.71. The molecule has 0 bridgehead atoms. The van der Waals surface area contributed by atoms with Gasteiger partial charge in [-0.2, -0.15) is 0 Å². The Bertz CT molecular complexity index is 598. The minimum absolute atomic E-state index is 0.128. The number of hydrogen-bond acceptors (Lipinski definition) is 3. The highest BCUT2D eigenvalue weighted by molar-refractivity contribution is 8.13. The third-order valence-electron chi connectivity index (χ3n) is 2.73. The van der Waals surface area contributed by atoms with E-state index in [1.807, 2.05) is 0 Å². The summed E-state index contributed by atoms with van der Waals surface area (Å²) in [6.07, 6.45) is 5.66. The molecule has 0 saturated carbocycles. The van der Waals surface area contributed by atoms with Gasteiger partial charge in [-0.15, -0.1) is 12.3 Å². The number of benzene rings is 1. The zero-order valence-electron chi connectivity index (χ0n) is 10.6. The fraction of sp³-hybridized carbons (Fsp3) is 0.385. The summed E-state index contributed by atoms with van der Waals surface area (Å²) in [5.41, 5.74) is 2.10. The average molecular weight is 287 g/mol. The van der Waals surface area contributed by atoms with Gasteiger partial charge in [0, 0.05) is 17.1 Å². The molecule has 0 heterocycles. The minimum atomic E-state index is -3.74. The van der Waals surface area contributed by atoms with E-state index in [0.29, 0.717) is 24.3 Å². The molecule has 0 aliphatic carbocycles. The maximum Gasteiger partial charge on any atom is 0.261 e. The van der Waals surface area contributed by atoms with Gasteiger partial charge in [0.2, 0.25) is 0 Å². The van der Waals surface area contributed by atoms with E-state index in [2.05, 4.69) is 5.92 Å². The van der Waals surface area contributed by atoms with Gasteiger partial charge in [0.25, 0.3) is 9.05 Å². The van der Waals surface area contributed by atoms with Crippen molar-refractivity contribution in [3.63, 3.8) is 0 Å². The molecular weight excluding hydrogens is 272 g/mol. The molecule has 5 heteroatoms. The third-order valence-corrected chi connectivity index (χ3v) is 4.18. The highest BCUT2D eigenvalue weighted by Gasteiger charge is 2.19. The van der Waals surface area contributed by atoms with Crippen LogP contribution < -0.4 is 4.74 Å². The molecule has 0 aliphatic rings. The zero-order valence-corrected chi connectivity index (χ0v) is 12.2. The standard InChI is InChI=1S/C13H15ClO3S/c1-5-6-7-17-13-9(2)8-12(18(14,15)16)10(3)11(13)4/h1,8H,6-7H2,2-4H3. The van der Waals surface area contributed by atoms with Crippen molar-refractivity contribution >= 4 is 19.7 Å². The van der Waals surface area contributed by atoms with Gasteiger partial charge in [-0.3, -0.25) is 0 Å². The summed E-state index contributed by atoms with van der Waals surface area (Å²) in [5.74, 6) is 3.16. The maximum absolute atomic E-state index is 11.4. The lowest BCUT2D eigenvalue weighted by Gasteiger charge is -2.15. The molecule has 0 spiro atoms. The second-order valence-electron chi connectivity index (χ2n) is 4.01. The van der Waals surface area contributed by atoms with Crippen molar-refractivity contribution in [1.29, 1.82) is 0 Å². The topological polar surface area (TPSA) is 43.4 Å². The molecule has 0 atom stereocenters. The van der Waals surface area contributed by atoms with Crippen LogP contribution in [0.5, 0.6) is 5.75 Å². The normalized spacial score (nSPS) is 11.1. The van der Waals surface area contributed by atoms with Gasteiger partial charge in [-0.1, -0.05) is 0 Å². The highest BCUT2D eigenvalue weighted by Crippen LogP contribution is 2.32. The maximum atomic E-state index is 11.4. The Kier molecular flexibility index (Phi) is 4.66. The summed E-state index contributed by atoms with van der Waals surface area (Å²) >= 11 is 0. The van der Waals surface area contributed by atoms with Crippen LogP contribution in [-0.4, -0.2) is 15.0 Å². The first-order valence-electron chi connectivity index (χ1n) is 5.40. The molecular formula is C13H15ClO3S. The van der Waals surface area contributed by atoms with Crippen molar-refractivity contribution < 1.29 is 13.2 Å². The van der Waals surface area contributed by atoms with Crippen LogP contribution in [0.1, 0.15) is 23.1 Å². The van der Waals surface area contributed by atoms with Gasteiger partial charge in [0.15, 0.2) is 0 Å². The van der Waals surface area contributed by atoms with Crippen LogP contribution in [0.15, 0.2) is 11.0 Å². The molecule has 0 fully saturated rings. The predicted octanol–water partition coefficient (Wildman–Crippen LogP) is 2.94. The molecule has 1 rings (SSSR count). The van der Waals surface area contributed by atoms with E-state index in [0.717, 1.165) is 11.1 Å². The van der Waals surface area contributed by atoms with Crippen molar-refractivity contribution in [2.75, 3.05) is 6.61 Å². The fourth-order valence-electron chi connectivity index (χ4n) is 1.71. The summed E-state index contributed by atoms with van der Waals surface area (Å²) in [7, 11) is 1.66. The van der Waals surface area contributed by atoms with Crippen LogP contribution in [-0.2, 0) is 9.05 Å². The SMILES string of the molecule is C#CCCOc1c(C)cc(S(=O)(=O)Cl)c(C)c1C. The summed E-state index contributed by atoms with van der Waals surface area (Å²) in [6, 6.07) is 1.52. The number of halogens is 1. The molecule has 0 amide bonds. The Morgan fingerprint density at radius 1 is 1.33 bits per heavy atom. The van der Waals surface area contributed by atoms with Gasteiger partial charge in [-0.25, -0.2) is 8.42 Å². The van der Waals surface area contributed by atoms with E-state index in [-0.39, 0.29) is 4.90 Å². The third kappa shape index (κ3) is 3.18. The van der Waals surface area contributed by atoms with E-state index in [1.54, 1.807) is 20.8 Å². The van der Waals surface area contributed by atoms with Crippen LogP contribution in [0.3, 0.4) is 0 Å². The van der Waals surface area contributed by atoms with Crippen molar-refractivity contribution in [3.05, 3.63) is 22.8 Å². The monoisotopic (exact) mass is 286 g/mol. The molecule has 0 saturated heterocycles. The largest absolute Gasteiger partial charge is 0.492 e. The summed E-state index contributed by atoms with van der Waals surface area (Å²) in [6.45, 7) is 5.70. The van der Waals surface area contributed by atoms with Gasteiger partial charge in [0.05, 0.1) is 11.5 Å². The van der Waals surface area contributed by atoms with Crippen LogP contribution >= 0.6 is 10.7 Å². The summed E-state index contributed by atoms with van der Waals surface area (Å²) in [5, 5.41) is 0. The van der Waals surface area contributed by atoms with Gasteiger partial charge in [0.1, 0.15) is 5.75 Å². The highest BCUT2D eigenvalue weighted by atomic mass is 35.7. The molecule has 0 aliphatic heterocycles. The van der Waals surface area contributed by atoms with Gasteiger partial charge >= 0.3 is 0 Å². The average Bonchev–Trinajstić information content (AvgIpc) is 2.26. The predicted molar refractivity (Wildman–Crippen MR) is 72.6 cm³/mol. The Labute approximate surface area is 113 Å². The molecule has 0 aromatic heterocycles. The molecule has 1 aromatic rings. The van der Waals surface area contributed by atoms with Crippen molar-refractivity contribution in [3.8, 4) is 18.1 Å². The Morgan fingerprint density at radius 2 is 1.94 bits per heavy atom. The van der Waals surface area contributed by atoms with Gasteiger partial charge in [-0.05, 0) is 43.5 Å². The summed E-state index contributed by atoms with van der Waals surface area (Å²) < 4.78 is 28.4. The number of ether oxygens (including phenoxy) is 1. The molecule has 98 valence electrons. The molecule has 1 aromatic carbocycles. The second kappa shape index (κ2) is 5.64. The molecule has 0 N–H and O–H groups in total. The quantitative estimate of drug-likeness (QED) is 0.485. The zero-order chi connectivity index (χ0) is 13.9. The number of hydrogen-bond donors (Lipinski definition) is 0. The van der Waals surface area contributed by atoms with E-state index in [9.17, 15) is 8.42 Å². The van der Waals surface area contributed by atoms with Crippen LogP contribution in [0.4, 0.5) is 0 Å². The molecule has 3 nitrogen and oxygen atoms in total. The lowest BCUT2D eigenvalue weighted by Crippen LogP contribution is -2.04. The van der Waals surface area contributed by atoms with E-state index in [1.165, 1.54) is 6.07 Å². The lowest BCUT2D eigenvalue weighted by atomic mass is 10.1. The van der Waals surface area contributed by atoms with E-state index in [4.69, 9.17) is 21.8 Å². The fourth-order valence-corrected chi connectivity index (χ4v) is 3.03. The van der Waals surface area contributed by atoms with Gasteiger partial charge < -0.3 is 4.74 Å². The molecule has 18 heavy (non-hydrogen) atoms. The first kappa shape index (κ1) is 14.9. The van der Waals surface area contributed by atoms with Crippen molar-refractivity contribution in [1.82, 2.24) is 0 Å². The first-order chi connectivity index (χ1) is 8.29. The number of terminal acetylenes is 1. The number of aryl methyl sites for hydroxylation is 1. The van der Waals surface area contributed by atoms with Crippen LogP contribution in [0.2, 0.25) is 0 Å². The molecule has 0 radical (unpaired) electrons. The van der Waals surface area contributed by atoms with Crippen molar-refractivity contribution in [2.45, 2.75) is 32.1 Å². The molecule has 0 unspecified atom stereocenters. The second-order valence-corrected chi connectivity index (χ2v) is 6.55. The van der Waals surface area contributed by atoms with Crippen LogP contribution in [0.25, 0.3) is 0 Å². The minimum Gasteiger partial charge on any atom is -0.492 e. The Morgan fingerprint density at radius 3 is 2.44 bits per heavy atom. The van der Waals surface area contributed by atoms with E-state index >= 15 is 0 Å². The number of rotatable bonds is 4. The summed E-state index contributed by atoms with van der Waals surface area (Å²) in [4.78, 5) is 0.128. The van der Waals surface area contributed by atoms with Crippen LogP contribution in [0, 0.1) is 33.1 Å².